The van der Waals surface area contributed by atoms with Gasteiger partial charge < -0.3 is 15.6 Å². The van der Waals surface area contributed by atoms with Crippen molar-refractivity contribution in [2.45, 2.75) is 31.7 Å². The van der Waals surface area contributed by atoms with Crippen LogP contribution in [0, 0.1) is 5.92 Å². The van der Waals surface area contributed by atoms with Gasteiger partial charge in [0, 0.05) is 6.04 Å². The molecule has 0 unspecified atom stereocenters. The zero-order chi connectivity index (χ0) is 7.56. The fourth-order valence-electron chi connectivity index (χ4n) is 1.51. The van der Waals surface area contributed by atoms with Crippen LogP contribution in [0.5, 0.6) is 0 Å². The van der Waals surface area contributed by atoms with E-state index in [9.17, 15) is 9.90 Å². The van der Waals surface area contributed by atoms with Crippen LogP contribution in [-0.2, 0) is 4.79 Å². The molecule has 0 radical (unpaired) electrons. The lowest BCUT2D eigenvalue weighted by Gasteiger charge is -2.18. The molecule has 0 aromatic carbocycles. The molecule has 0 heterocycles. The molecule has 0 amide bonds. The summed E-state index contributed by atoms with van der Waals surface area (Å²) in [6.07, 6.45) is 4.14. The molecule has 0 saturated heterocycles. The number of nitrogens with two attached hydrogens (primary N) is 1. The molecule has 0 aromatic rings. The largest absolute Gasteiger partial charge is 0.548 e. The number of carbonyl (C=O) groups excluding carboxylic acids is 1. The highest BCUT2D eigenvalue weighted by molar-refractivity contribution is 5.71. The Hall–Kier alpha value is -0.570. The number of carbonyl (C=O) groups is 1. The van der Waals surface area contributed by atoms with Gasteiger partial charge in [0.15, 0.2) is 0 Å². The highest BCUT2D eigenvalue weighted by atomic mass is 16.4. The van der Waals surface area contributed by atoms with E-state index in [1.54, 1.807) is 0 Å². The van der Waals surface area contributed by atoms with E-state index in [0.29, 0.717) is 0 Å². The maximum absolute atomic E-state index is 10.3. The molecule has 58 valence electrons. The fraction of sp³-hybridized carbons (Fsp3) is 0.857. The summed E-state index contributed by atoms with van der Waals surface area (Å²) in [5.74, 6) is -0.933. The van der Waals surface area contributed by atoms with E-state index >= 15 is 0 Å². The van der Waals surface area contributed by atoms with Crippen molar-refractivity contribution in [1.82, 2.24) is 0 Å². The second kappa shape index (κ2) is 3.01. The van der Waals surface area contributed by atoms with Crippen LogP contribution in [0.2, 0.25) is 0 Å². The molecule has 1 fully saturated rings. The first-order valence-electron chi connectivity index (χ1n) is 3.68. The molecule has 0 aromatic heterocycles. The molecule has 1 rings (SSSR count). The average Bonchev–Trinajstić information content (AvgIpc) is 2.36. The Morgan fingerprint density at radius 3 is 2.40 bits per heavy atom. The van der Waals surface area contributed by atoms with Crippen LogP contribution < -0.4 is 10.8 Å². The third-order valence-corrected chi connectivity index (χ3v) is 2.18. The Labute approximate surface area is 60.2 Å². The summed E-state index contributed by atoms with van der Waals surface area (Å²) in [5.41, 5.74) is 5.36. The van der Waals surface area contributed by atoms with Gasteiger partial charge in [-0.1, -0.05) is 12.8 Å². The monoisotopic (exact) mass is 142 g/mol. The zero-order valence-corrected chi connectivity index (χ0v) is 5.88. The molecule has 3 nitrogen and oxygen atoms in total. The van der Waals surface area contributed by atoms with Gasteiger partial charge in [-0.3, -0.25) is 0 Å². The number of carboxylic acid groups (broad SMARTS) is 1. The summed E-state index contributed by atoms with van der Waals surface area (Å²) in [4.78, 5) is 10.3. The minimum Gasteiger partial charge on any atom is -0.548 e. The van der Waals surface area contributed by atoms with Crippen LogP contribution in [0.3, 0.4) is 0 Å². The molecule has 1 saturated carbocycles. The van der Waals surface area contributed by atoms with Crippen molar-refractivity contribution in [2.24, 2.45) is 11.7 Å². The van der Waals surface area contributed by atoms with E-state index in [2.05, 4.69) is 0 Å². The highest BCUT2D eigenvalue weighted by Crippen LogP contribution is 2.26. The maximum atomic E-state index is 10.3. The summed E-state index contributed by atoms with van der Waals surface area (Å²) in [7, 11) is 0. The molecule has 10 heavy (non-hydrogen) atoms. The van der Waals surface area contributed by atoms with Gasteiger partial charge in [-0.05, 0) is 18.8 Å². The third-order valence-electron chi connectivity index (χ3n) is 2.18. The molecular weight excluding hydrogens is 130 g/mol. The Balaban J connectivity index is 2.39. The van der Waals surface area contributed by atoms with E-state index in [-0.39, 0.29) is 5.92 Å². The van der Waals surface area contributed by atoms with Crippen LogP contribution in [0.1, 0.15) is 25.7 Å². The summed E-state index contributed by atoms with van der Waals surface area (Å²) < 4.78 is 0. The van der Waals surface area contributed by atoms with Gasteiger partial charge in [-0.2, -0.15) is 0 Å². The summed E-state index contributed by atoms with van der Waals surface area (Å²) in [6, 6.07) is -0.734. The summed E-state index contributed by atoms with van der Waals surface area (Å²) in [6.45, 7) is 0. The molecule has 1 aliphatic rings. The van der Waals surface area contributed by atoms with Gasteiger partial charge in [-0.15, -0.1) is 0 Å². The van der Waals surface area contributed by atoms with Gasteiger partial charge in [0.25, 0.3) is 0 Å². The predicted octanol–water partition coefficient (Wildman–Crippen LogP) is -0.746. The first-order valence-corrected chi connectivity index (χ1v) is 3.68. The standard InChI is InChI=1S/C7H13NO2/c8-6(7(9)10)5-3-1-2-4-5/h5-6H,1-4,8H2,(H,9,10)/p-1/t6-/m0/s1. The normalized spacial score (nSPS) is 22.9. The number of aliphatic carboxylic acids is 1. The van der Waals surface area contributed by atoms with Crippen LogP contribution in [0.25, 0.3) is 0 Å². The van der Waals surface area contributed by atoms with E-state index in [1.165, 1.54) is 0 Å². The van der Waals surface area contributed by atoms with Crippen molar-refractivity contribution in [3.05, 3.63) is 0 Å². The quantitative estimate of drug-likeness (QED) is 0.552. The van der Waals surface area contributed by atoms with Gasteiger partial charge in [0.1, 0.15) is 0 Å². The number of hydrogen-bond acceptors (Lipinski definition) is 3. The van der Waals surface area contributed by atoms with Crippen LogP contribution >= 0.6 is 0 Å². The smallest absolute Gasteiger partial charge is 0.0585 e. The minimum absolute atomic E-state index is 0.171. The molecule has 0 spiro atoms. The highest BCUT2D eigenvalue weighted by Gasteiger charge is 2.22. The van der Waals surface area contributed by atoms with Crippen LogP contribution in [-0.4, -0.2) is 12.0 Å². The Morgan fingerprint density at radius 2 is 2.00 bits per heavy atom. The van der Waals surface area contributed by atoms with Gasteiger partial charge in [-0.25, -0.2) is 0 Å². The number of hydrogen-bond donors (Lipinski definition) is 1. The number of rotatable bonds is 2. The lowest BCUT2D eigenvalue weighted by atomic mass is 9.99. The SMILES string of the molecule is N[C@H](C(=O)[O-])C1CCCC1. The van der Waals surface area contributed by atoms with Crippen LogP contribution in [0.4, 0.5) is 0 Å². The summed E-state index contributed by atoms with van der Waals surface area (Å²) >= 11 is 0. The third kappa shape index (κ3) is 1.48. The van der Waals surface area contributed by atoms with E-state index in [0.717, 1.165) is 25.7 Å². The van der Waals surface area contributed by atoms with Crippen molar-refractivity contribution in [3.63, 3.8) is 0 Å². The topological polar surface area (TPSA) is 66.2 Å². The lowest BCUT2D eigenvalue weighted by molar-refractivity contribution is -0.308. The minimum atomic E-state index is -1.10. The number of carboxylic acids is 1. The molecule has 3 heteroatoms. The van der Waals surface area contributed by atoms with Crippen molar-refractivity contribution in [2.75, 3.05) is 0 Å². The van der Waals surface area contributed by atoms with Crippen molar-refractivity contribution < 1.29 is 9.90 Å². The molecule has 1 atom stereocenters. The van der Waals surface area contributed by atoms with Crippen LogP contribution in [0.15, 0.2) is 0 Å². The van der Waals surface area contributed by atoms with Crippen molar-refractivity contribution in [3.8, 4) is 0 Å². The molecular formula is C7H12NO2-. The zero-order valence-electron chi connectivity index (χ0n) is 5.88. The second-order valence-electron chi connectivity index (χ2n) is 2.89. The average molecular weight is 142 g/mol. The molecule has 0 aliphatic heterocycles. The Kier molecular flexibility index (Phi) is 2.27. The van der Waals surface area contributed by atoms with Crippen molar-refractivity contribution in [1.29, 1.82) is 0 Å². The van der Waals surface area contributed by atoms with E-state index < -0.39 is 12.0 Å². The van der Waals surface area contributed by atoms with E-state index in [4.69, 9.17) is 5.73 Å². The van der Waals surface area contributed by atoms with Gasteiger partial charge >= 0.3 is 0 Å². The molecule has 2 N–H and O–H groups in total. The molecule has 1 aliphatic carbocycles. The van der Waals surface area contributed by atoms with Gasteiger partial charge in [0.05, 0.1) is 5.97 Å². The first-order chi connectivity index (χ1) is 4.72. The van der Waals surface area contributed by atoms with Gasteiger partial charge in [0.2, 0.25) is 0 Å². The van der Waals surface area contributed by atoms with Crippen molar-refractivity contribution >= 4 is 5.97 Å². The predicted molar refractivity (Wildman–Crippen MR) is 34.9 cm³/mol. The van der Waals surface area contributed by atoms with E-state index in [1.807, 2.05) is 0 Å². The molecule has 0 bridgehead atoms. The first kappa shape index (κ1) is 7.54. The summed E-state index contributed by atoms with van der Waals surface area (Å²) in [5, 5.41) is 10.3. The fourth-order valence-corrected chi connectivity index (χ4v) is 1.51. The Bertz CT molecular complexity index is 130. The Morgan fingerprint density at radius 1 is 1.50 bits per heavy atom. The maximum Gasteiger partial charge on any atom is 0.0585 e. The lowest BCUT2D eigenvalue weighted by Crippen LogP contribution is -2.46. The second-order valence-corrected chi connectivity index (χ2v) is 2.89.